The second-order valence-corrected chi connectivity index (χ2v) is 4.04. The smallest absolute Gasteiger partial charge is 0.237 e. The van der Waals surface area contributed by atoms with Crippen molar-refractivity contribution in [1.29, 1.82) is 10.5 Å². The summed E-state index contributed by atoms with van der Waals surface area (Å²) >= 11 is 0. The molecule has 1 aliphatic rings. The number of nitriles is 2. The van der Waals surface area contributed by atoms with Crippen LogP contribution in [0.5, 0.6) is 0 Å². The molecule has 1 aromatic rings. The van der Waals surface area contributed by atoms with Crippen LogP contribution in [0.4, 0.5) is 11.4 Å². The highest BCUT2D eigenvalue weighted by atomic mass is 15.3. The minimum absolute atomic E-state index is 0.179. The molecule has 0 atom stereocenters. The van der Waals surface area contributed by atoms with Crippen molar-refractivity contribution >= 4 is 17.1 Å². The molecular formula is C13H13N5. The Bertz CT molecular complexity index is 513. The Morgan fingerprint density at radius 2 is 1.94 bits per heavy atom. The van der Waals surface area contributed by atoms with Crippen molar-refractivity contribution in [3.63, 3.8) is 0 Å². The molecular weight excluding hydrogens is 226 g/mol. The largest absolute Gasteiger partial charge is 0.371 e. The zero-order chi connectivity index (χ0) is 12.8. The predicted octanol–water partition coefficient (Wildman–Crippen LogP) is 2.10. The van der Waals surface area contributed by atoms with E-state index in [0.717, 1.165) is 24.5 Å². The molecule has 5 heteroatoms. The molecule has 0 spiro atoms. The number of benzene rings is 1. The van der Waals surface area contributed by atoms with Gasteiger partial charge in [0, 0.05) is 18.8 Å². The Morgan fingerprint density at radius 3 is 2.61 bits per heavy atom. The van der Waals surface area contributed by atoms with Crippen LogP contribution in [0, 0.1) is 22.7 Å². The van der Waals surface area contributed by atoms with E-state index in [1.807, 2.05) is 18.2 Å². The predicted molar refractivity (Wildman–Crippen MR) is 70.2 cm³/mol. The van der Waals surface area contributed by atoms with Crippen molar-refractivity contribution in [3.8, 4) is 12.1 Å². The molecule has 0 unspecified atom stereocenters. The van der Waals surface area contributed by atoms with Crippen molar-refractivity contribution in [3.05, 3.63) is 24.3 Å². The van der Waals surface area contributed by atoms with E-state index >= 15 is 0 Å². The lowest BCUT2D eigenvalue weighted by Gasteiger charge is -2.18. The van der Waals surface area contributed by atoms with Gasteiger partial charge in [-0.2, -0.15) is 15.6 Å². The number of nitrogens with one attached hydrogen (secondary N) is 1. The van der Waals surface area contributed by atoms with Gasteiger partial charge in [0.05, 0.1) is 5.69 Å². The van der Waals surface area contributed by atoms with E-state index in [0.29, 0.717) is 0 Å². The Morgan fingerprint density at radius 1 is 1.22 bits per heavy atom. The fraction of sp³-hybridized carbons (Fsp3) is 0.308. The molecule has 1 saturated heterocycles. The summed E-state index contributed by atoms with van der Waals surface area (Å²) in [5.74, 6) is 0. The third-order valence-corrected chi connectivity index (χ3v) is 2.83. The molecule has 1 fully saturated rings. The van der Waals surface area contributed by atoms with Gasteiger partial charge in [-0.1, -0.05) is 6.07 Å². The summed E-state index contributed by atoms with van der Waals surface area (Å²) in [6.45, 7) is 2.16. The monoisotopic (exact) mass is 239 g/mol. The summed E-state index contributed by atoms with van der Waals surface area (Å²) in [6.07, 6.45) is 2.45. The Kier molecular flexibility index (Phi) is 3.78. The Hall–Kier alpha value is -2.53. The molecule has 1 aromatic carbocycles. The summed E-state index contributed by atoms with van der Waals surface area (Å²) < 4.78 is 0. The van der Waals surface area contributed by atoms with E-state index in [2.05, 4.69) is 21.5 Å². The minimum atomic E-state index is -0.179. The van der Waals surface area contributed by atoms with Crippen molar-refractivity contribution < 1.29 is 0 Å². The zero-order valence-corrected chi connectivity index (χ0v) is 9.93. The molecule has 18 heavy (non-hydrogen) atoms. The van der Waals surface area contributed by atoms with Crippen LogP contribution >= 0.6 is 0 Å². The average Bonchev–Trinajstić information content (AvgIpc) is 2.94. The topological polar surface area (TPSA) is 75.2 Å². The number of hydrazone groups is 1. The number of hydrogen-bond acceptors (Lipinski definition) is 5. The summed E-state index contributed by atoms with van der Waals surface area (Å²) in [5, 5.41) is 20.9. The molecule has 0 saturated carbocycles. The van der Waals surface area contributed by atoms with Crippen LogP contribution in [0.1, 0.15) is 12.8 Å². The first-order chi connectivity index (χ1) is 8.83. The van der Waals surface area contributed by atoms with Gasteiger partial charge in [-0.3, -0.25) is 5.43 Å². The van der Waals surface area contributed by atoms with Crippen LogP contribution < -0.4 is 10.3 Å². The molecule has 1 N–H and O–H groups in total. The van der Waals surface area contributed by atoms with Gasteiger partial charge in [-0.05, 0) is 31.0 Å². The molecule has 1 heterocycles. The summed E-state index contributed by atoms with van der Waals surface area (Å²) in [7, 11) is 0. The van der Waals surface area contributed by atoms with Crippen LogP contribution in [0.25, 0.3) is 0 Å². The molecule has 1 aliphatic heterocycles. The van der Waals surface area contributed by atoms with Crippen LogP contribution in [0.3, 0.4) is 0 Å². The van der Waals surface area contributed by atoms with Gasteiger partial charge in [0.15, 0.2) is 0 Å². The summed E-state index contributed by atoms with van der Waals surface area (Å²) in [4.78, 5) is 2.31. The van der Waals surface area contributed by atoms with E-state index in [-0.39, 0.29) is 5.71 Å². The lowest BCUT2D eigenvalue weighted by molar-refractivity contribution is 0.949. The minimum Gasteiger partial charge on any atom is -0.371 e. The highest BCUT2D eigenvalue weighted by molar-refractivity contribution is 6.10. The molecule has 0 amide bonds. The number of hydrogen-bond donors (Lipinski definition) is 1. The first kappa shape index (κ1) is 11.9. The van der Waals surface area contributed by atoms with Crippen LogP contribution in [-0.4, -0.2) is 18.8 Å². The third kappa shape index (κ3) is 2.78. The van der Waals surface area contributed by atoms with Gasteiger partial charge in [0.2, 0.25) is 5.71 Å². The second kappa shape index (κ2) is 5.70. The maximum Gasteiger partial charge on any atom is 0.237 e. The SMILES string of the molecule is N#CC(C#N)=NNc1cccc(N2CCCC2)c1. The zero-order valence-electron chi connectivity index (χ0n) is 9.93. The standard InChI is InChI=1S/C13H13N5/c14-9-12(10-15)17-16-11-4-3-5-13(8-11)18-6-1-2-7-18/h3-5,8,16H,1-2,6-7H2. The van der Waals surface area contributed by atoms with Crippen molar-refractivity contribution in [2.24, 2.45) is 5.10 Å². The maximum absolute atomic E-state index is 8.58. The lowest BCUT2D eigenvalue weighted by atomic mass is 10.2. The van der Waals surface area contributed by atoms with Crippen molar-refractivity contribution in [1.82, 2.24) is 0 Å². The average molecular weight is 239 g/mol. The van der Waals surface area contributed by atoms with E-state index < -0.39 is 0 Å². The van der Waals surface area contributed by atoms with Gasteiger partial charge < -0.3 is 4.90 Å². The van der Waals surface area contributed by atoms with Crippen LogP contribution in [-0.2, 0) is 0 Å². The molecule has 2 rings (SSSR count). The highest BCUT2D eigenvalue weighted by Crippen LogP contribution is 2.23. The first-order valence-corrected chi connectivity index (χ1v) is 5.82. The quantitative estimate of drug-likeness (QED) is 0.647. The van der Waals surface area contributed by atoms with Gasteiger partial charge in [0.1, 0.15) is 12.1 Å². The van der Waals surface area contributed by atoms with Gasteiger partial charge in [-0.15, -0.1) is 0 Å². The molecule has 0 aliphatic carbocycles. The Balaban J connectivity index is 2.11. The lowest BCUT2D eigenvalue weighted by Crippen LogP contribution is -2.17. The normalized spacial score (nSPS) is 13.6. The molecule has 0 radical (unpaired) electrons. The van der Waals surface area contributed by atoms with E-state index in [4.69, 9.17) is 10.5 Å². The summed E-state index contributed by atoms with van der Waals surface area (Å²) in [6, 6.07) is 11.2. The first-order valence-electron chi connectivity index (χ1n) is 5.82. The van der Waals surface area contributed by atoms with E-state index in [1.165, 1.54) is 12.8 Å². The molecule has 0 bridgehead atoms. The maximum atomic E-state index is 8.58. The van der Waals surface area contributed by atoms with Gasteiger partial charge in [-0.25, -0.2) is 0 Å². The third-order valence-electron chi connectivity index (χ3n) is 2.83. The fourth-order valence-corrected chi connectivity index (χ4v) is 1.94. The second-order valence-electron chi connectivity index (χ2n) is 4.04. The van der Waals surface area contributed by atoms with Crippen molar-refractivity contribution in [2.45, 2.75) is 12.8 Å². The van der Waals surface area contributed by atoms with Crippen LogP contribution in [0.2, 0.25) is 0 Å². The van der Waals surface area contributed by atoms with Crippen molar-refractivity contribution in [2.75, 3.05) is 23.4 Å². The number of rotatable bonds is 3. The van der Waals surface area contributed by atoms with Gasteiger partial charge >= 0.3 is 0 Å². The molecule has 90 valence electrons. The Labute approximate surface area is 106 Å². The van der Waals surface area contributed by atoms with Gasteiger partial charge in [0.25, 0.3) is 0 Å². The van der Waals surface area contributed by atoms with E-state index in [1.54, 1.807) is 12.1 Å². The van der Waals surface area contributed by atoms with E-state index in [9.17, 15) is 0 Å². The highest BCUT2D eigenvalue weighted by Gasteiger charge is 2.12. The van der Waals surface area contributed by atoms with Crippen LogP contribution in [0.15, 0.2) is 29.4 Å². The fourth-order valence-electron chi connectivity index (χ4n) is 1.94. The number of nitrogens with zero attached hydrogens (tertiary/aromatic N) is 4. The molecule has 0 aromatic heterocycles. The number of anilines is 2. The molecule has 5 nitrogen and oxygen atoms in total. The summed E-state index contributed by atoms with van der Waals surface area (Å²) in [5.41, 5.74) is 4.47.